The maximum absolute atomic E-state index is 13.3. The number of benzene rings is 2. The summed E-state index contributed by atoms with van der Waals surface area (Å²) >= 11 is 0. The maximum Gasteiger partial charge on any atom is 0.346 e. The number of imide groups is 1. The van der Waals surface area contributed by atoms with E-state index in [1.807, 2.05) is 6.92 Å². The van der Waals surface area contributed by atoms with Gasteiger partial charge in [-0.25, -0.2) is 14.5 Å². The van der Waals surface area contributed by atoms with Gasteiger partial charge in [0.05, 0.1) is 22.3 Å². The van der Waals surface area contributed by atoms with Crippen LogP contribution in [0.1, 0.15) is 97.4 Å². The minimum absolute atomic E-state index is 0.0621. The van der Waals surface area contributed by atoms with Crippen molar-refractivity contribution in [2.24, 2.45) is 10.8 Å². The first-order valence-corrected chi connectivity index (χ1v) is 12.4. The quantitative estimate of drug-likeness (QED) is 0.194. The van der Waals surface area contributed by atoms with Crippen molar-refractivity contribution < 1.29 is 38.9 Å². The number of hydrogen-bond acceptors (Lipinski definition) is 8. The van der Waals surface area contributed by atoms with Crippen LogP contribution in [0, 0.1) is 10.8 Å². The first kappa shape index (κ1) is 25.7. The molecule has 198 valence electrons. The largest absolute Gasteiger partial charge is 0.386 e. The average Bonchev–Trinajstić information content (AvgIpc) is 3.27. The van der Waals surface area contributed by atoms with E-state index in [0.717, 1.165) is 6.42 Å². The summed E-state index contributed by atoms with van der Waals surface area (Å²) in [6.07, 6.45) is 1.87. The number of ether oxygens (including phenoxy) is 1. The molecule has 1 fully saturated rings. The van der Waals surface area contributed by atoms with Crippen LogP contribution >= 0.6 is 0 Å². The van der Waals surface area contributed by atoms with Crippen LogP contribution in [-0.2, 0) is 16.2 Å². The lowest BCUT2D eigenvalue weighted by Gasteiger charge is -2.48. The van der Waals surface area contributed by atoms with Crippen LogP contribution < -0.4 is 5.32 Å². The number of carbonyl (C=O) groups is 5. The van der Waals surface area contributed by atoms with Crippen molar-refractivity contribution >= 4 is 29.7 Å². The van der Waals surface area contributed by atoms with Crippen LogP contribution in [0.25, 0.3) is 0 Å². The zero-order valence-corrected chi connectivity index (χ0v) is 21.3. The molecule has 2 atom stereocenters. The number of nitrogens with one attached hydrogen (secondary N) is 1. The molecule has 2 heterocycles. The molecular weight excluding hydrogens is 492 g/mol. The lowest BCUT2D eigenvalue weighted by atomic mass is 9.62. The molecule has 1 saturated carbocycles. The second kappa shape index (κ2) is 9.14. The predicted octanol–water partition coefficient (Wildman–Crippen LogP) is 3.60. The molecule has 2 N–H and O–H groups in total. The first-order valence-electron chi connectivity index (χ1n) is 12.4. The Balaban J connectivity index is 1.33. The van der Waals surface area contributed by atoms with Crippen LogP contribution in [0.5, 0.6) is 0 Å². The van der Waals surface area contributed by atoms with Crippen LogP contribution in [-0.4, -0.2) is 52.4 Å². The van der Waals surface area contributed by atoms with Gasteiger partial charge in [-0.3, -0.25) is 24.5 Å². The Morgan fingerprint density at radius 3 is 2.39 bits per heavy atom. The van der Waals surface area contributed by atoms with Gasteiger partial charge in [0.15, 0.2) is 0 Å². The van der Waals surface area contributed by atoms with Crippen LogP contribution in [0.15, 0.2) is 36.4 Å². The van der Waals surface area contributed by atoms with E-state index < -0.39 is 23.3 Å². The molecule has 38 heavy (non-hydrogen) atoms. The monoisotopic (exact) mass is 520 g/mol. The lowest BCUT2D eigenvalue weighted by molar-refractivity contribution is -0.253. The molecule has 3 amide bonds. The van der Waals surface area contributed by atoms with E-state index in [0.29, 0.717) is 24.0 Å². The van der Waals surface area contributed by atoms with Gasteiger partial charge in [0.2, 0.25) is 0 Å². The Morgan fingerprint density at radius 1 is 0.974 bits per heavy atom. The van der Waals surface area contributed by atoms with E-state index >= 15 is 0 Å². The fourth-order valence-corrected chi connectivity index (χ4v) is 6.32. The highest BCUT2D eigenvalue weighted by Gasteiger charge is 2.48. The Labute approximate surface area is 218 Å². The van der Waals surface area contributed by atoms with Gasteiger partial charge in [0, 0.05) is 18.2 Å². The highest BCUT2D eigenvalue weighted by Crippen LogP contribution is 2.48. The van der Waals surface area contributed by atoms with E-state index in [1.165, 1.54) is 23.1 Å². The van der Waals surface area contributed by atoms with Crippen LogP contribution in [0.3, 0.4) is 0 Å². The summed E-state index contributed by atoms with van der Waals surface area (Å²) in [5, 5.41) is 11.7. The Hall–Kier alpha value is -3.89. The van der Waals surface area contributed by atoms with E-state index in [9.17, 15) is 24.0 Å². The SMILES string of the molecule is CC1(C)CC(N2C(=O)c3ccc(COO)cc3C2=O)CC(C)(CNC(=O)c2ccc3c(c2)C(=O)OC3=O)C1. The van der Waals surface area contributed by atoms with E-state index in [2.05, 4.69) is 28.8 Å². The Bertz CT molecular complexity index is 1400. The van der Waals surface area contributed by atoms with Crippen LogP contribution in [0.2, 0.25) is 0 Å². The number of hydrogen-bond donors (Lipinski definition) is 2. The zero-order valence-electron chi connectivity index (χ0n) is 21.3. The summed E-state index contributed by atoms with van der Waals surface area (Å²) in [5.41, 5.74) is 0.966. The normalized spacial score (nSPS) is 23.8. The molecule has 5 rings (SSSR count). The van der Waals surface area contributed by atoms with Crippen molar-refractivity contribution in [2.75, 3.05) is 6.54 Å². The first-order chi connectivity index (χ1) is 17.9. The summed E-state index contributed by atoms with van der Waals surface area (Å²) < 4.78 is 4.59. The molecule has 2 aromatic rings. The summed E-state index contributed by atoms with van der Waals surface area (Å²) in [6, 6.07) is 8.64. The zero-order chi connectivity index (χ0) is 27.4. The molecule has 10 heteroatoms. The molecule has 3 aliphatic rings. The standard InChI is InChI=1S/C28H28N2O8/c1-27(2)10-17(30-23(32)18-6-4-15(12-37-36)8-20(18)24(30)33)11-28(3,13-27)14-29-22(31)16-5-7-19-21(9-16)26(35)38-25(19)34/h4-9,17,36H,10-14H2,1-3H3,(H,29,31). The predicted molar refractivity (Wildman–Crippen MR) is 132 cm³/mol. The number of rotatable bonds is 6. The molecule has 0 spiro atoms. The van der Waals surface area contributed by atoms with Crippen molar-refractivity contribution in [3.63, 3.8) is 0 Å². The second-order valence-corrected chi connectivity index (χ2v) is 11.5. The number of esters is 2. The fourth-order valence-electron chi connectivity index (χ4n) is 6.32. The van der Waals surface area contributed by atoms with Gasteiger partial charge in [-0.2, -0.15) is 0 Å². The van der Waals surface area contributed by atoms with Crippen LogP contribution in [0.4, 0.5) is 0 Å². The van der Waals surface area contributed by atoms with E-state index in [1.54, 1.807) is 18.2 Å². The Morgan fingerprint density at radius 2 is 1.66 bits per heavy atom. The summed E-state index contributed by atoms with van der Waals surface area (Å²) in [5.74, 6) is -2.64. The molecule has 2 unspecified atom stereocenters. The van der Waals surface area contributed by atoms with E-state index in [-0.39, 0.29) is 58.7 Å². The van der Waals surface area contributed by atoms with Gasteiger partial charge in [-0.15, -0.1) is 0 Å². The highest BCUT2D eigenvalue weighted by molar-refractivity contribution is 6.21. The molecule has 0 radical (unpaired) electrons. The lowest BCUT2D eigenvalue weighted by Crippen LogP contribution is -2.52. The molecule has 0 saturated heterocycles. The maximum atomic E-state index is 13.3. The average molecular weight is 521 g/mol. The third-order valence-electron chi connectivity index (χ3n) is 7.58. The van der Waals surface area contributed by atoms with Gasteiger partial charge in [0.25, 0.3) is 17.7 Å². The molecule has 2 aromatic carbocycles. The van der Waals surface area contributed by atoms with Gasteiger partial charge < -0.3 is 10.1 Å². The third kappa shape index (κ3) is 4.50. The minimum atomic E-state index is -0.777. The Kier molecular flexibility index (Phi) is 6.19. The summed E-state index contributed by atoms with van der Waals surface area (Å²) in [6.45, 7) is 6.38. The second-order valence-electron chi connectivity index (χ2n) is 11.5. The van der Waals surface area contributed by atoms with Gasteiger partial charge >= 0.3 is 11.9 Å². The minimum Gasteiger partial charge on any atom is -0.386 e. The smallest absolute Gasteiger partial charge is 0.346 e. The van der Waals surface area contributed by atoms with Gasteiger partial charge in [-0.05, 0) is 66.0 Å². The third-order valence-corrected chi connectivity index (χ3v) is 7.58. The number of cyclic esters (lactones) is 2. The van der Waals surface area contributed by atoms with Crippen molar-refractivity contribution in [2.45, 2.75) is 52.7 Å². The van der Waals surface area contributed by atoms with Gasteiger partial charge in [0.1, 0.15) is 6.61 Å². The molecule has 10 nitrogen and oxygen atoms in total. The molecular formula is C28H28N2O8. The number of carbonyl (C=O) groups excluding carboxylic acids is 5. The van der Waals surface area contributed by atoms with Crippen molar-refractivity contribution in [3.8, 4) is 0 Å². The molecule has 1 aliphatic carbocycles. The fraction of sp³-hybridized carbons (Fsp3) is 0.393. The summed E-state index contributed by atoms with van der Waals surface area (Å²) in [7, 11) is 0. The molecule has 2 aliphatic heterocycles. The topological polar surface area (TPSA) is 139 Å². The van der Waals surface area contributed by atoms with Crippen molar-refractivity contribution in [1.82, 2.24) is 10.2 Å². The molecule has 0 aromatic heterocycles. The molecule has 0 bridgehead atoms. The summed E-state index contributed by atoms with van der Waals surface area (Å²) in [4.78, 5) is 68.7. The van der Waals surface area contributed by atoms with Gasteiger partial charge in [-0.1, -0.05) is 26.8 Å². The number of nitrogens with zero attached hydrogens (tertiary/aromatic N) is 1. The highest BCUT2D eigenvalue weighted by atomic mass is 17.1. The van der Waals surface area contributed by atoms with Crippen molar-refractivity contribution in [3.05, 3.63) is 69.8 Å². The van der Waals surface area contributed by atoms with E-state index in [4.69, 9.17) is 5.26 Å². The number of fused-ring (bicyclic) bond motifs is 2. The number of amides is 3. The van der Waals surface area contributed by atoms with Crippen molar-refractivity contribution in [1.29, 1.82) is 0 Å².